The zero-order valence-electron chi connectivity index (χ0n) is 30.2. The fourth-order valence-electron chi connectivity index (χ4n) is 5.71. The van der Waals surface area contributed by atoms with Crippen LogP contribution in [0.15, 0.2) is 72.8 Å². The molecule has 0 bridgehead atoms. The van der Waals surface area contributed by atoms with Gasteiger partial charge in [0.25, 0.3) is 5.91 Å². The number of rotatable bonds is 16. The molecule has 5 rings (SSSR count). The quantitative estimate of drug-likeness (QED) is 0.135. The van der Waals surface area contributed by atoms with E-state index in [2.05, 4.69) is 66.1 Å². The van der Waals surface area contributed by atoms with E-state index in [1.54, 1.807) is 12.1 Å². The third-order valence-electron chi connectivity index (χ3n) is 9.49. The summed E-state index contributed by atoms with van der Waals surface area (Å²) in [6.07, 6.45) is 2.02. The average molecular weight is 682 g/mol. The SMILES string of the molecule is CNC(C)(C)CCOCCOCCNC(=O)c1ccc(-n2nnc3c2-c2ccccc2CN(C(=O)CCC(C)(C)NC)c2ccccc2-3)cc1. The topological polar surface area (TPSA) is 123 Å². The van der Waals surface area contributed by atoms with Crippen LogP contribution in [0.1, 0.15) is 62.9 Å². The van der Waals surface area contributed by atoms with Gasteiger partial charge in [-0.2, -0.15) is 0 Å². The average Bonchev–Trinajstić information content (AvgIpc) is 3.56. The summed E-state index contributed by atoms with van der Waals surface area (Å²) in [6.45, 7) is 11.3. The predicted molar refractivity (Wildman–Crippen MR) is 198 cm³/mol. The summed E-state index contributed by atoms with van der Waals surface area (Å²) in [5.41, 5.74) is 6.31. The Labute approximate surface area is 295 Å². The lowest BCUT2D eigenvalue weighted by Crippen LogP contribution is -2.39. The number of nitrogens with one attached hydrogen (secondary N) is 3. The Morgan fingerprint density at radius 1 is 0.780 bits per heavy atom. The van der Waals surface area contributed by atoms with Crippen LogP contribution in [-0.2, 0) is 20.8 Å². The Morgan fingerprint density at radius 2 is 1.42 bits per heavy atom. The van der Waals surface area contributed by atoms with Crippen molar-refractivity contribution in [3.05, 3.63) is 83.9 Å². The van der Waals surface area contributed by atoms with E-state index in [0.29, 0.717) is 63.6 Å². The number of carbonyl (C=O) groups is 2. The summed E-state index contributed by atoms with van der Waals surface area (Å²) in [4.78, 5) is 28.6. The highest BCUT2D eigenvalue weighted by atomic mass is 16.5. The first kappa shape index (κ1) is 36.9. The van der Waals surface area contributed by atoms with Crippen LogP contribution in [0.5, 0.6) is 0 Å². The van der Waals surface area contributed by atoms with E-state index >= 15 is 0 Å². The summed E-state index contributed by atoms with van der Waals surface area (Å²) in [5, 5.41) is 18.8. The molecule has 11 nitrogen and oxygen atoms in total. The number of nitrogens with zero attached hydrogens (tertiary/aromatic N) is 4. The molecule has 0 fully saturated rings. The number of hydrogen-bond donors (Lipinski definition) is 3. The Kier molecular flexibility index (Phi) is 12.2. The second-order valence-electron chi connectivity index (χ2n) is 13.9. The van der Waals surface area contributed by atoms with Crippen molar-refractivity contribution in [1.29, 1.82) is 0 Å². The molecule has 1 aliphatic heterocycles. The third kappa shape index (κ3) is 9.02. The Hall–Kier alpha value is -4.42. The van der Waals surface area contributed by atoms with Crippen molar-refractivity contribution < 1.29 is 19.1 Å². The molecular weight excluding hydrogens is 630 g/mol. The molecule has 11 heteroatoms. The van der Waals surface area contributed by atoms with Gasteiger partial charge in [-0.05, 0) is 90.5 Å². The molecule has 0 radical (unpaired) electrons. The number of hydrogen-bond acceptors (Lipinski definition) is 8. The van der Waals surface area contributed by atoms with Gasteiger partial charge in [0.1, 0.15) is 11.4 Å². The van der Waals surface area contributed by atoms with Crippen molar-refractivity contribution in [3.63, 3.8) is 0 Å². The van der Waals surface area contributed by atoms with E-state index in [-0.39, 0.29) is 22.9 Å². The summed E-state index contributed by atoms with van der Waals surface area (Å²) in [7, 11) is 3.87. The minimum atomic E-state index is -0.179. The Balaban J connectivity index is 1.28. The Morgan fingerprint density at radius 3 is 2.14 bits per heavy atom. The molecule has 3 aromatic carbocycles. The molecule has 0 aliphatic carbocycles. The second-order valence-corrected chi connectivity index (χ2v) is 13.9. The largest absolute Gasteiger partial charge is 0.379 e. The molecule has 1 aliphatic rings. The molecule has 3 N–H and O–H groups in total. The van der Waals surface area contributed by atoms with Gasteiger partial charge in [0.15, 0.2) is 0 Å². The highest BCUT2D eigenvalue weighted by molar-refractivity contribution is 6.00. The van der Waals surface area contributed by atoms with E-state index in [4.69, 9.17) is 9.47 Å². The van der Waals surface area contributed by atoms with E-state index in [0.717, 1.165) is 40.2 Å². The van der Waals surface area contributed by atoms with Crippen molar-refractivity contribution in [2.45, 2.75) is 64.6 Å². The zero-order chi connectivity index (χ0) is 35.7. The van der Waals surface area contributed by atoms with Gasteiger partial charge in [0.2, 0.25) is 5.91 Å². The standard InChI is InChI=1S/C39H51N7O4/c1-38(2,40-5)20-19-34(47)45-27-29-11-7-8-12-31(29)36-35(32-13-9-10-14-33(32)45)43-44-46(36)30-17-15-28(16-18-30)37(48)42-22-24-50-26-25-49-23-21-39(3,4)41-6/h7-18,40-41H,19-27H2,1-6H3,(H,42,48). The van der Waals surface area contributed by atoms with Crippen LogP contribution in [0.3, 0.4) is 0 Å². The molecule has 4 aromatic rings. The van der Waals surface area contributed by atoms with Crippen LogP contribution in [0, 0.1) is 0 Å². The second kappa shape index (κ2) is 16.5. The highest BCUT2D eigenvalue weighted by Crippen LogP contribution is 2.42. The summed E-state index contributed by atoms with van der Waals surface area (Å²) >= 11 is 0. The lowest BCUT2D eigenvalue weighted by Gasteiger charge is -2.30. The smallest absolute Gasteiger partial charge is 0.251 e. The fourth-order valence-corrected chi connectivity index (χ4v) is 5.71. The first-order valence-corrected chi connectivity index (χ1v) is 17.4. The molecule has 0 atom stereocenters. The molecular formula is C39H51N7O4. The van der Waals surface area contributed by atoms with Gasteiger partial charge in [-0.1, -0.05) is 47.7 Å². The van der Waals surface area contributed by atoms with Gasteiger partial charge in [-0.25, -0.2) is 4.68 Å². The van der Waals surface area contributed by atoms with E-state index in [9.17, 15) is 9.59 Å². The first-order valence-electron chi connectivity index (χ1n) is 17.4. The predicted octanol–water partition coefficient (Wildman–Crippen LogP) is 5.38. The highest BCUT2D eigenvalue weighted by Gasteiger charge is 2.30. The number of benzene rings is 3. The van der Waals surface area contributed by atoms with Crippen molar-refractivity contribution in [3.8, 4) is 28.2 Å². The normalized spacial score (nSPS) is 12.8. The van der Waals surface area contributed by atoms with E-state index < -0.39 is 0 Å². The molecule has 2 amide bonds. The lowest BCUT2D eigenvalue weighted by molar-refractivity contribution is -0.119. The number of aromatic nitrogens is 3. The number of ether oxygens (including phenoxy) is 2. The van der Waals surface area contributed by atoms with Gasteiger partial charge in [-0.3, -0.25) is 9.59 Å². The summed E-state index contributed by atoms with van der Waals surface area (Å²) < 4.78 is 13.1. The number of para-hydroxylation sites is 1. The van der Waals surface area contributed by atoms with Crippen LogP contribution < -0.4 is 20.9 Å². The Bertz CT molecular complexity index is 1750. The van der Waals surface area contributed by atoms with E-state index in [1.807, 2.05) is 72.2 Å². The molecule has 266 valence electrons. The number of amides is 2. The molecule has 1 aromatic heterocycles. The van der Waals surface area contributed by atoms with Gasteiger partial charge in [0.05, 0.1) is 37.7 Å². The minimum Gasteiger partial charge on any atom is -0.379 e. The fraction of sp³-hybridized carbons (Fsp3) is 0.436. The van der Waals surface area contributed by atoms with Crippen molar-refractivity contribution >= 4 is 17.5 Å². The zero-order valence-corrected chi connectivity index (χ0v) is 30.2. The van der Waals surface area contributed by atoms with Gasteiger partial charge in [-0.15, -0.1) is 5.10 Å². The van der Waals surface area contributed by atoms with Crippen molar-refractivity contribution in [2.24, 2.45) is 0 Å². The van der Waals surface area contributed by atoms with Crippen LogP contribution in [0.2, 0.25) is 0 Å². The van der Waals surface area contributed by atoms with Gasteiger partial charge in [0, 0.05) is 47.3 Å². The maximum Gasteiger partial charge on any atom is 0.251 e. The van der Waals surface area contributed by atoms with Crippen molar-refractivity contribution in [2.75, 3.05) is 52.0 Å². The molecule has 0 saturated heterocycles. The van der Waals surface area contributed by atoms with E-state index in [1.165, 1.54) is 0 Å². The lowest BCUT2D eigenvalue weighted by atomic mass is 9.94. The van der Waals surface area contributed by atoms with Gasteiger partial charge >= 0.3 is 0 Å². The molecule has 0 unspecified atom stereocenters. The number of anilines is 1. The van der Waals surface area contributed by atoms with Crippen molar-refractivity contribution in [1.82, 2.24) is 30.9 Å². The summed E-state index contributed by atoms with van der Waals surface area (Å²) in [5.74, 6) is -0.123. The van der Waals surface area contributed by atoms with Crippen LogP contribution in [0.4, 0.5) is 5.69 Å². The third-order valence-corrected chi connectivity index (χ3v) is 9.49. The molecule has 0 spiro atoms. The van der Waals surface area contributed by atoms with Gasteiger partial charge < -0.3 is 30.3 Å². The number of carbonyl (C=O) groups excluding carboxylic acids is 2. The van der Waals surface area contributed by atoms with Crippen LogP contribution in [0.25, 0.3) is 28.2 Å². The number of fused-ring (bicyclic) bond motifs is 5. The maximum absolute atomic E-state index is 13.8. The van der Waals surface area contributed by atoms with Crippen LogP contribution >= 0.6 is 0 Å². The minimum absolute atomic E-state index is 0.0451. The van der Waals surface area contributed by atoms with Crippen LogP contribution in [-0.4, -0.2) is 85.0 Å². The molecule has 50 heavy (non-hydrogen) atoms. The monoisotopic (exact) mass is 681 g/mol. The summed E-state index contributed by atoms with van der Waals surface area (Å²) in [6, 6.07) is 23.3. The molecule has 0 saturated carbocycles. The maximum atomic E-state index is 13.8. The first-order chi connectivity index (χ1) is 24.0. The molecule has 2 heterocycles.